The molecule has 2 aromatic rings. The van der Waals surface area contributed by atoms with E-state index in [1.54, 1.807) is 0 Å². The number of halogens is 1. The Morgan fingerprint density at radius 1 is 1.05 bits per heavy atom. The van der Waals surface area contributed by atoms with Crippen LogP contribution < -0.4 is 5.32 Å². The molecule has 1 aliphatic heterocycles. The average Bonchev–Trinajstić information content (AvgIpc) is 2.50. The van der Waals surface area contributed by atoms with Crippen LogP contribution in [0.3, 0.4) is 0 Å². The summed E-state index contributed by atoms with van der Waals surface area (Å²) in [5.41, 5.74) is 5.60. The van der Waals surface area contributed by atoms with Gasteiger partial charge in [-0.1, -0.05) is 47.5 Å². The summed E-state index contributed by atoms with van der Waals surface area (Å²) in [5.74, 6) is 1.07. The molecule has 2 heteroatoms. The van der Waals surface area contributed by atoms with E-state index in [2.05, 4.69) is 55.6 Å². The van der Waals surface area contributed by atoms with Crippen molar-refractivity contribution in [3.8, 4) is 0 Å². The molecule has 1 N–H and O–H groups in total. The molecule has 0 amide bonds. The van der Waals surface area contributed by atoms with Crippen molar-refractivity contribution in [2.24, 2.45) is 0 Å². The monoisotopic (exact) mass is 299 g/mol. The Bertz CT molecular complexity index is 635. The van der Waals surface area contributed by atoms with E-state index in [0.717, 1.165) is 18.1 Å². The molecular formula is C19H22ClN. The Morgan fingerprint density at radius 3 is 2.71 bits per heavy atom. The lowest BCUT2D eigenvalue weighted by molar-refractivity contribution is 0.403. The van der Waals surface area contributed by atoms with Gasteiger partial charge in [-0.3, -0.25) is 0 Å². The highest BCUT2D eigenvalue weighted by atomic mass is 35.5. The van der Waals surface area contributed by atoms with Gasteiger partial charge in [0.1, 0.15) is 0 Å². The van der Waals surface area contributed by atoms with Crippen LogP contribution in [0.2, 0.25) is 5.02 Å². The minimum atomic E-state index is 0.498. The molecule has 1 saturated heterocycles. The van der Waals surface area contributed by atoms with Crippen molar-refractivity contribution in [1.29, 1.82) is 0 Å². The molecule has 0 radical (unpaired) electrons. The molecule has 110 valence electrons. The summed E-state index contributed by atoms with van der Waals surface area (Å²) >= 11 is 6.19. The van der Waals surface area contributed by atoms with E-state index in [-0.39, 0.29) is 0 Å². The van der Waals surface area contributed by atoms with Gasteiger partial charge in [0.05, 0.1) is 0 Å². The van der Waals surface area contributed by atoms with E-state index in [1.807, 2.05) is 6.07 Å². The van der Waals surface area contributed by atoms with Crippen molar-refractivity contribution in [1.82, 2.24) is 5.32 Å². The number of benzene rings is 2. The number of nitrogens with one attached hydrogen (secondary N) is 1. The third-order valence-corrected chi connectivity index (χ3v) is 4.83. The van der Waals surface area contributed by atoms with Crippen LogP contribution >= 0.6 is 11.6 Å². The fraction of sp³-hybridized carbons (Fsp3) is 0.368. The van der Waals surface area contributed by atoms with E-state index in [9.17, 15) is 0 Å². The summed E-state index contributed by atoms with van der Waals surface area (Å²) in [6, 6.07) is 15.2. The Hall–Kier alpha value is -1.31. The molecule has 1 heterocycles. The summed E-state index contributed by atoms with van der Waals surface area (Å²) in [5, 5.41) is 4.37. The summed E-state index contributed by atoms with van der Waals surface area (Å²) < 4.78 is 0. The van der Waals surface area contributed by atoms with Gasteiger partial charge in [0.25, 0.3) is 0 Å². The maximum Gasteiger partial charge on any atom is 0.0408 e. The van der Waals surface area contributed by atoms with E-state index in [1.165, 1.54) is 28.7 Å². The van der Waals surface area contributed by atoms with Crippen molar-refractivity contribution in [2.75, 3.05) is 13.1 Å². The van der Waals surface area contributed by atoms with Gasteiger partial charge in [0.15, 0.2) is 0 Å². The molecule has 0 bridgehead atoms. The first-order valence-electron chi connectivity index (χ1n) is 7.68. The Balaban J connectivity index is 2.00. The van der Waals surface area contributed by atoms with Gasteiger partial charge in [0.2, 0.25) is 0 Å². The van der Waals surface area contributed by atoms with Gasteiger partial charge >= 0.3 is 0 Å². The molecule has 2 unspecified atom stereocenters. The number of hydrogen-bond acceptors (Lipinski definition) is 1. The highest BCUT2D eigenvalue weighted by molar-refractivity contribution is 6.30. The van der Waals surface area contributed by atoms with Crippen LogP contribution in [0.1, 0.15) is 40.5 Å². The van der Waals surface area contributed by atoms with Crippen molar-refractivity contribution in [2.45, 2.75) is 32.1 Å². The van der Waals surface area contributed by atoms with E-state index in [4.69, 9.17) is 11.6 Å². The molecule has 3 rings (SSSR count). The highest BCUT2D eigenvalue weighted by Crippen LogP contribution is 2.39. The maximum atomic E-state index is 6.19. The second-order valence-electron chi connectivity index (χ2n) is 6.12. The Kier molecular flexibility index (Phi) is 4.32. The molecule has 1 aliphatic rings. The average molecular weight is 300 g/mol. The molecule has 21 heavy (non-hydrogen) atoms. The van der Waals surface area contributed by atoms with Gasteiger partial charge in [-0.25, -0.2) is 0 Å². The van der Waals surface area contributed by atoms with Crippen LogP contribution in [0.15, 0.2) is 42.5 Å². The summed E-state index contributed by atoms with van der Waals surface area (Å²) in [7, 11) is 0. The van der Waals surface area contributed by atoms with Crippen molar-refractivity contribution >= 4 is 11.6 Å². The molecule has 0 spiro atoms. The van der Waals surface area contributed by atoms with Crippen LogP contribution in [-0.2, 0) is 0 Å². The quantitative estimate of drug-likeness (QED) is 0.838. The van der Waals surface area contributed by atoms with Crippen LogP contribution in [0.5, 0.6) is 0 Å². The number of aryl methyl sites for hydroxylation is 2. The van der Waals surface area contributed by atoms with Gasteiger partial charge in [-0.05, 0) is 61.6 Å². The zero-order valence-corrected chi connectivity index (χ0v) is 13.5. The first kappa shape index (κ1) is 14.6. The second-order valence-corrected chi connectivity index (χ2v) is 6.56. The third kappa shape index (κ3) is 3.14. The molecule has 1 fully saturated rings. The van der Waals surface area contributed by atoms with Crippen molar-refractivity contribution in [3.05, 3.63) is 69.7 Å². The summed E-state index contributed by atoms with van der Waals surface area (Å²) in [6.45, 7) is 6.53. The first-order chi connectivity index (χ1) is 10.1. The summed E-state index contributed by atoms with van der Waals surface area (Å²) in [6.07, 6.45) is 1.18. The van der Waals surface area contributed by atoms with Crippen LogP contribution in [0.4, 0.5) is 0 Å². The largest absolute Gasteiger partial charge is 0.316 e. The molecular weight excluding hydrogens is 278 g/mol. The predicted octanol–water partition coefficient (Wildman–Crippen LogP) is 4.82. The lowest BCUT2D eigenvalue weighted by Crippen LogP contribution is -2.34. The van der Waals surface area contributed by atoms with E-state index < -0.39 is 0 Å². The lowest BCUT2D eigenvalue weighted by atomic mass is 9.76. The fourth-order valence-corrected chi connectivity index (χ4v) is 3.68. The molecule has 1 nitrogen and oxygen atoms in total. The number of hydrogen-bond donors (Lipinski definition) is 1. The predicted molar refractivity (Wildman–Crippen MR) is 90.3 cm³/mol. The highest BCUT2D eigenvalue weighted by Gasteiger charge is 2.28. The maximum absolute atomic E-state index is 6.19. The van der Waals surface area contributed by atoms with Gasteiger partial charge in [-0.2, -0.15) is 0 Å². The summed E-state index contributed by atoms with van der Waals surface area (Å²) in [4.78, 5) is 0. The van der Waals surface area contributed by atoms with Crippen molar-refractivity contribution < 1.29 is 0 Å². The zero-order valence-electron chi connectivity index (χ0n) is 12.7. The van der Waals surface area contributed by atoms with E-state index >= 15 is 0 Å². The Morgan fingerprint density at radius 2 is 1.90 bits per heavy atom. The normalized spacial score (nSPS) is 22.2. The third-order valence-electron chi connectivity index (χ3n) is 4.59. The second kappa shape index (κ2) is 6.21. The number of rotatable bonds is 2. The topological polar surface area (TPSA) is 12.0 Å². The van der Waals surface area contributed by atoms with Crippen LogP contribution in [0.25, 0.3) is 0 Å². The fourth-order valence-electron chi connectivity index (χ4n) is 3.48. The minimum absolute atomic E-state index is 0.498. The molecule has 0 aliphatic carbocycles. The van der Waals surface area contributed by atoms with Crippen molar-refractivity contribution in [3.63, 3.8) is 0 Å². The van der Waals surface area contributed by atoms with Crippen LogP contribution in [0, 0.1) is 13.8 Å². The van der Waals surface area contributed by atoms with Crippen LogP contribution in [-0.4, -0.2) is 13.1 Å². The smallest absolute Gasteiger partial charge is 0.0408 e. The zero-order chi connectivity index (χ0) is 14.8. The first-order valence-corrected chi connectivity index (χ1v) is 8.06. The SMILES string of the molecule is Cc1ccc(C)c(C2CCNCC2c2cccc(Cl)c2)c1. The van der Waals surface area contributed by atoms with E-state index in [0.29, 0.717) is 11.8 Å². The Labute approximate surface area is 132 Å². The molecule has 0 aromatic heterocycles. The molecule has 0 saturated carbocycles. The van der Waals surface area contributed by atoms with Gasteiger partial charge in [-0.15, -0.1) is 0 Å². The molecule has 2 atom stereocenters. The van der Waals surface area contributed by atoms with Gasteiger partial charge in [0, 0.05) is 17.5 Å². The number of piperidine rings is 1. The standard InChI is InChI=1S/C19H22ClN/c1-13-6-7-14(2)18(10-13)17-8-9-21-12-19(17)15-4-3-5-16(20)11-15/h3-7,10-11,17,19,21H,8-9,12H2,1-2H3. The molecule has 2 aromatic carbocycles. The minimum Gasteiger partial charge on any atom is -0.316 e. The van der Waals surface area contributed by atoms with Gasteiger partial charge < -0.3 is 5.32 Å². The lowest BCUT2D eigenvalue weighted by Gasteiger charge is -2.34.